The minimum absolute atomic E-state index is 0.106. The van der Waals surface area contributed by atoms with Gasteiger partial charge < -0.3 is 5.32 Å². The highest BCUT2D eigenvalue weighted by atomic mass is 19.4. The largest absolute Gasteiger partial charge is 0.416 e. The first-order chi connectivity index (χ1) is 10.3. The van der Waals surface area contributed by atoms with Crippen LogP contribution in [0.25, 0.3) is 0 Å². The number of alkyl halides is 3. The molecule has 5 nitrogen and oxygen atoms in total. The minimum atomic E-state index is -4.41. The molecule has 2 aromatic rings. The lowest BCUT2D eigenvalue weighted by atomic mass is 10.1. The summed E-state index contributed by atoms with van der Waals surface area (Å²) in [6.45, 7) is 2.22. The van der Waals surface area contributed by atoms with Crippen molar-refractivity contribution in [1.29, 1.82) is 0 Å². The molecule has 1 amide bonds. The molecule has 0 spiro atoms. The van der Waals surface area contributed by atoms with Crippen molar-refractivity contribution in [2.45, 2.75) is 32.1 Å². The highest BCUT2D eigenvalue weighted by Crippen LogP contribution is 2.29. The molecular formula is C14H15F3N4O. The first-order valence-corrected chi connectivity index (χ1v) is 6.62. The van der Waals surface area contributed by atoms with Crippen LogP contribution in [0.2, 0.25) is 0 Å². The molecule has 8 heteroatoms. The number of halogens is 3. The molecule has 22 heavy (non-hydrogen) atoms. The lowest BCUT2D eigenvalue weighted by Crippen LogP contribution is -2.36. The SMILES string of the molecule is CC(Cn1cncn1)NC(=O)Cc1cccc(C(F)(F)F)c1. The Morgan fingerprint density at radius 2 is 2.18 bits per heavy atom. The van der Waals surface area contributed by atoms with Crippen LogP contribution in [-0.4, -0.2) is 26.7 Å². The van der Waals surface area contributed by atoms with E-state index in [1.54, 1.807) is 11.6 Å². The lowest BCUT2D eigenvalue weighted by Gasteiger charge is -2.14. The van der Waals surface area contributed by atoms with Crippen LogP contribution in [0.5, 0.6) is 0 Å². The predicted octanol–water partition coefficient (Wildman–Crippen LogP) is 2.04. The third kappa shape index (κ3) is 4.57. The third-order valence-corrected chi connectivity index (χ3v) is 2.95. The van der Waals surface area contributed by atoms with Crippen LogP contribution < -0.4 is 5.32 Å². The number of nitrogens with zero attached hydrogens (tertiary/aromatic N) is 3. The standard InChI is InChI=1S/C14H15F3N4O/c1-10(7-21-9-18-8-19-21)20-13(22)6-11-3-2-4-12(5-11)14(15,16)17/h2-5,8-10H,6-7H2,1H3,(H,20,22). The van der Waals surface area contributed by atoms with E-state index < -0.39 is 11.7 Å². The number of benzene rings is 1. The molecule has 0 radical (unpaired) electrons. The Kier molecular flexibility index (Phi) is 4.79. The van der Waals surface area contributed by atoms with Gasteiger partial charge in [-0.15, -0.1) is 0 Å². The molecule has 1 aromatic carbocycles. The van der Waals surface area contributed by atoms with Crippen LogP contribution in [-0.2, 0) is 23.9 Å². The summed E-state index contributed by atoms with van der Waals surface area (Å²) in [6, 6.07) is 4.55. The maximum Gasteiger partial charge on any atom is 0.416 e. The fourth-order valence-corrected chi connectivity index (χ4v) is 2.02. The molecule has 0 aliphatic rings. The number of carbonyl (C=O) groups is 1. The maximum absolute atomic E-state index is 12.6. The molecule has 0 saturated carbocycles. The van der Waals surface area contributed by atoms with Gasteiger partial charge >= 0.3 is 6.18 Å². The fourth-order valence-electron chi connectivity index (χ4n) is 2.02. The van der Waals surface area contributed by atoms with Crippen molar-refractivity contribution in [1.82, 2.24) is 20.1 Å². The molecule has 0 fully saturated rings. The second-order valence-electron chi connectivity index (χ2n) is 4.96. The van der Waals surface area contributed by atoms with Gasteiger partial charge in [0.25, 0.3) is 0 Å². The molecule has 2 rings (SSSR count). The summed E-state index contributed by atoms with van der Waals surface area (Å²) in [5.41, 5.74) is -0.436. The van der Waals surface area contributed by atoms with E-state index >= 15 is 0 Å². The Morgan fingerprint density at radius 3 is 2.82 bits per heavy atom. The molecule has 1 atom stereocenters. The summed E-state index contributed by atoms with van der Waals surface area (Å²) in [5.74, 6) is -0.341. The number of carbonyl (C=O) groups excluding carboxylic acids is 1. The zero-order valence-electron chi connectivity index (χ0n) is 11.8. The van der Waals surface area contributed by atoms with Crippen molar-refractivity contribution in [3.63, 3.8) is 0 Å². The molecule has 0 aliphatic carbocycles. The van der Waals surface area contributed by atoms with Gasteiger partial charge in [0.1, 0.15) is 12.7 Å². The summed E-state index contributed by atoms with van der Waals surface area (Å²) in [4.78, 5) is 15.7. The van der Waals surface area contributed by atoms with E-state index in [9.17, 15) is 18.0 Å². The second-order valence-corrected chi connectivity index (χ2v) is 4.96. The van der Waals surface area contributed by atoms with Gasteiger partial charge in [0, 0.05) is 6.04 Å². The Bertz CT molecular complexity index is 625. The van der Waals surface area contributed by atoms with Crippen molar-refractivity contribution in [2.24, 2.45) is 0 Å². The molecule has 1 aromatic heterocycles. The van der Waals surface area contributed by atoms with Crippen LogP contribution in [0.4, 0.5) is 13.2 Å². The Morgan fingerprint density at radius 1 is 1.41 bits per heavy atom. The van der Waals surface area contributed by atoms with Gasteiger partial charge in [0.2, 0.25) is 5.91 Å². The van der Waals surface area contributed by atoms with Gasteiger partial charge in [0.15, 0.2) is 0 Å². The molecular weight excluding hydrogens is 297 g/mol. The van der Waals surface area contributed by atoms with E-state index in [0.29, 0.717) is 12.1 Å². The van der Waals surface area contributed by atoms with Crippen LogP contribution in [0.1, 0.15) is 18.1 Å². The molecule has 0 bridgehead atoms. The van der Waals surface area contributed by atoms with E-state index in [0.717, 1.165) is 12.1 Å². The van der Waals surface area contributed by atoms with Gasteiger partial charge in [-0.1, -0.05) is 18.2 Å². The van der Waals surface area contributed by atoms with Crippen molar-refractivity contribution >= 4 is 5.91 Å². The summed E-state index contributed by atoms with van der Waals surface area (Å²) < 4.78 is 39.4. The third-order valence-electron chi connectivity index (χ3n) is 2.95. The lowest BCUT2D eigenvalue weighted by molar-refractivity contribution is -0.137. The second kappa shape index (κ2) is 6.59. The first kappa shape index (κ1) is 16.0. The van der Waals surface area contributed by atoms with Gasteiger partial charge in [0.05, 0.1) is 18.5 Å². The van der Waals surface area contributed by atoms with Crippen LogP contribution >= 0.6 is 0 Å². The highest BCUT2D eigenvalue weighted by Gasteiger charge is 2.30. The van der Waals surface area contributed by atoms with Crippen LogP contribution in [0.15, 0.2) is 36.9 Å². The van der Waals surface area contributed by atoms with Gasteiger partial charge in [-0.2, -0.15) is 18.3 Å². The summed E-state index contributed by atoms with van der Waals surface area (Å²) in [5, 5.41) is 6.63. The summed E-state index contributed by atoms with van der Waals surface area (Å²) in [6.07, 6.45) is -1.61. The van der Waals surface area contributed by atoms with E-state index in [2.05, 4.69) is 15.4 Å². The Hall–Kier alpha value is -2.38. The number of amides is 1. The zero-order chi connectivity index (χ0) is 16.2. The predicted molar refractivity (Wildman–Crippen MR) is 72.8 cm³/mol. The Balaban J connectivity index is 1.91. The molecule has 1 heterocycles. The summed E-state index contributed by atoms with van der Waals surface area (Å²) in [7, 11) is 0. The van der Waals surface area contributed by atoms with Crippen LogP contribution in [0, 0.1) is 0 Å². The van der Waals surface area contributed by atoms with Crippen LogP contribution in [0.3, 0.4) is 0 Å². The van der Waals surface area contributed by atoms with E-state index in [-0.39, 0.29) is 18.4 Å². The average Bonchev–Trinajstić information content (AvgIpc) is 2.90. The monoisotopic (exact) mass is 312 g/mol. The number of rotatable bonds is 5. The minimum Gasteiger partial charge on any atom is -0.351 e. The van der Waals surface area contributed by atoms with Gasteiger partial charge in [-0.3, -0.25) is 9.48 Å². The molecule has 118 valence electrons. The highest BCUT2D eigenvalue weighted by molar-refractivity contribution is 5.78. The number of aromatic nitrogens is 3. The fraction of sp³-hybridized carbons (Fsp3) is 0.357. The normalized spacial score (nSPS) is 12.9. The Labute approximate surface area is 125 Å². The average molecular weight is 312 g/mol. The molecule has 1 N–H and O–H groups in total. The van der Waals surface area contributed by atoms with Gasteiger partial charge in [-0.05, 0) is 18.6 Å². The number of nitrogens with one attached hydrogen (secondary N) is 1. The maximum atomic E-state index is 12.6. The quantitative estimate of drug-likeness (QED) is 0.919. The zero-order valence-corrected chi connectivity index (χ0v) is 11.8. The van der Waals surface area contributed by atoms with Crippen molar-refractivity contribution in [2.75, 3.05) is 0 Å². The van der Waals surface area contributed by atoms with E-state index in [1.807, 2.05) is 0 Å². The van der Waals surface area contributed by atoms with Crippen molar-refractivity contribution in [3.8, 4) is 0 Å². The van der Waals surface area contributed by atoms with E-state index in [1.165, 1.54) is 24.8 Å². The molecule has 1 unspecified atom stereocenters. The number of hydrogen-bond acceptors (Lipinski definition) is 3. The van der Waals surface area contributed by atoms with E-state index in [4.69, 9.17) is 0 Å². The van der Waals surface area contributed by atoms with Gasteiger partial charge in [-0.25, -0.2) is 4.98 Å². The topological polar surface area (TPSA) is 59.8 Å². The summed E-state index contributed by atoms with van der Waals surface area (Å²) >= 11 is 0. The first-order valence-electron chi connectivity index (χ1n) is 6.62. The number of hydrogen-bond donors (Lipinski definition) is 1. The molecule has 0 saturated heterocycles. The molecule has 0 aliphatic heterocycles. The van der Waals surface area contributed by atoms with Crippen molar-refractivity contribution in [3.05, 3.63) is 48.0 Å². The van der Waals surface area contributed by atoms with Crippen molar-refractivity contribution < 1.29 is 18.0 Å². The smallest absolute Gasteiger partial charge is 0.351 e.